The van der Waals surface area contributed by atoms with Crippen molar-refractivity contribution in [2.75, 3.05) is 26.7 Å². The lowest BCUT2D eigenvalue weighted by Crippen LogP contribution is -2.60. The van der Waals surface area contributed by atoms with Gasteiger partial charge in [-0.1, -0.05) is 13.8 Å². The van der Waals surface area contributed by atoms with Gasteiger partial charge in [-0.15, -0.1) is 0 Å². The quantitative estimate of drug-likeness (QED) is 0.664. The summed E-state index contributed by atoms with van der Waals surface area (Å²) in [6.45, 7) is 11.2. The molecule has 0 saturated heterocycles. The number of likely N-dealkylation sites (N-methyl/N-ethyl adjacent to an activating group) is 1. The van der Waals surface area contributed by atoms with Crippen molar-refractivity contribution >= 4 is 0 Å². The van der Waals surface area contributed by atoms with Crippen molar-refractivity contribution in [1.82, 2.24) is 10.2 Å². The molecule has 0 heterocycles. The minimum Gasteiger partial charge on any atom is -0.394 e. The average Bonchev–Trinajstić information content (AvgIpc) is 3.18. The van der Waals surface area contributed by atoms with Gasteiger partial charge >= 0.3 is 0 Å². The molecule has 0 spiro atoms. The Morgan fingerprint density at radius 2 is 1.89 bits per heavy atom. The van der Waals surface area contributed by atoms with Gasteiger partial charge in [0, 0.05) is 12.1 Å². The van der Waals surface area contributed by atoms with Crippen LogP contribution in [0.25, 0.3) is 0 Å². The van der Waals surface area contributed by atoms with Crippen molar-refractivity contribution in [2.24, 2.45) is 5.92 Å². The summed E-state index contributed by atoms with van der Waals surface area (Å²) in [7, 11) is 2.18. The normalized spacial score (nSPS) is 20.2. The molecule has 0 amide bonds. The van der Waals surface area contributed by atoms with E-state index in [0.717, 1.165) is 25.9 Å². The number of nitrogens with one attached hydrogen (secondary N) is 1. The molecule has 3 heteroatoms. The molecule has 1 aliphatic rings. The van der Waals surface area contributed by atoms with Gasteiger partial charge in [0.1, 0.15) is 0 Å². The Labute approximate surface area is 113 Å². The number of hydrogen-bond donors (Lipinski definition) is 2. The second kappa shape index (κ2) is 6.36. The van der Waals surface area contributed by atoms with Gasteiger partial charge in [-0.2, -0.15) is 0 Å². The molecule has 1 aliphatic carbocycles. The van der Waals surface area contributed by atoms with Gasteiger partial charge in [-0.25, -0.2) is 0 Å². The van der Waals surface area contributed by atoms with E-state index in [0.29, 0.717) is 5.92 Å². The number of aliphatic hydroxyl groups is 1. The zero-order chi connectivity index (χ0) is 13.8. The van der Waals surface area contributed by atoms with E-state index in [1.54, 1.807) is 0 Å². The van der Waals surface area contributed by atoms with Crippen LogP contribution in [0.4, 0.5) is 0 Å². The van der Waals surface area contributed by atoms with E-state index >= 15 is 0 Å². The fourth-order valence-corrected chi connectivity index (χ4v) is 2.48. The highest BCUT2D eigenvalue weighted by molar-refractivity contribution is 5.03. The fraction of sp³-hybridized carbons (Fsp3) is 1.00. The SMILES string of the molecule is CCCNC(CO)(CN(C)C(C)(C)CC)C1CC1. The molecule has 0 bridgehead atoms. The summed E-state index contributed by atoms with van der Waals surface area (Å²) >= 11 is 0. The number of rotatable bonds is 9. The Bertz CT molecular complexity index is 251. The molecule has 2 N–H and O–H groups in total. The van der Waals surface area contributed by atoms with Crippen molar-refractivity contribution in [3.8, 4) is 0 Å². The summed E-state index contributed by atoms with van der Waals surface area (Å²) in [5, 5.41) is 13.5. The van der Waals surface area contributed by atoms with Gasteiger partial charge in [0.2, 0.25) is 0 Å². The van der Waals surface area contributed by atoms with Gasteiger partial charge in [0.15, 0.2) is 0 Å². The number of nitrogens with zero attached hydrogens (tertiary/aromatic N) is 1. The third kappa shape index (κ3) is 3.69. The van der Waals surface area contributed by atoms with E-state index in [2.05, 4.69) is 45.0 Å². The molecule has 1 fully saturated rings. The van der Waals surface area contributed by atoms with E-state index in [1.165, 1.54) is 12.8 Å². The molecule has 0 aromatic heterocycles. The minimum absolute atomic E-state index is 0.0861. The number of aliphatic hydroxyl groups excluding tert-OH is 1. The maximum atomic E-state index is 9.91. The maximum absolute atomic E-state index is 9.91. The molecule has 1 rings (SSSR count). The van der Waals surface area contributed by atoms with Crippen LogP contribution in [0.3, 0.4) is 0 Å². The molecular weight excluding hydrogens is 224 g/mol. The summed E-state index contributed by atoms with van der Waals surface area (Å²) < 4.78 is 0. The van der Waals surface area contributed by atoms with Crippen LogP contribution >= 0.6 is 0 Å². The van der Waals surface area contributed by atoms with Crippen molar-refractivity contribution in [1.29, 1.82) is 0 Å². The predicted octanol–water partition coefficient (Wildman–Crippen LogP) is 2.25. The van der Waals surface area contributed by atoms with E-state index in [-0.39, 0.29) is 17.7 Å². The first-order chi connectivity index (χ1) is 8.41. The molecule has 18 heavy (non-hydrogen) atoms. The highest BCUT2D eigenvalue weighted by Crippen LogP contribution is 2.40. The lowest BCUT2D eigenvalue weighted by atomic mass is 9.90. The highest BCUT2D eigenvalue weighted by atomic mass is 16.3. The van der Waals surface area contributed by atoms with E-state index in [4.69, 9.17) is 0 Å². The van der Waals surface area contributed by atoms with E-state index < -0.39 is 0 Å². The summed E-state index contributed by atoms with van der Waals surface area (Å²) in [5.41, 5.74) is 0.112. The molecule has 1 unspecified atom stereocenters. The van der Waals surface area contributed by atoms with Gasteiger partial charge in [0.25, 0.3) is 0 Å². The monoisotopic (exact) mass is 256 g/mol. The van der Waals surface area contributed by atoms with Crippen LogP contribution in [0.15, 0.2) is 0 Å². The highest BCUT2D eigenvalue weighted by Gasteiger charge is 2.46. The Balaban J connectivity index is 2.71. The van der Waals surface area contributed by atoms with Crippen LogP contribution in [0, 0.1) is 5.92 Å². The molecule has 0 aliphatic heterocycles. The molecule has 3 nitrogen and oxygen atoms in total. The Kier molecular flexibility index (Phi) is 5.63. The van der Waals surface area contributed by atoms with Crippen molar-refractivity contribution in [3.63, 3.8) is 0 Å². The molecule has 0 radical (unpaired) electrons. The maximum Gasteiger partial charge on any atom is 0.0628 e. The topological polar surface area (TPSA) is 35.5 Å². The second-order valence-electron chi connectivity index (χ2n) is 6.54. The van der Waals surface area contributed by atoms with E-state index in [9.17, 15) is 5.11 Å². The summed E-state index contributed by atoms with van der Waals surface area (Å²) in [6.07, 6.45) is 4.77. The standard InChI is InChI=1S/C15H32N2O/c1-6-10-16-15(12-18,13-8-9-13)11-17(5)14(3,4)7-2/h13,16,18H,6-12H2,1-5H3. The lowest BCUT2D eigenvalue weighted by Gasteiger charge is -2.43. The van der Waals surface area contributed by atoms with Crippen LogP contribution < -0.4 is 5.32 Å². The largest absolute Gasteiger partial charge is 0.394 e. The van der Waals surface area contributed by atoms with Crippen LogP contribution in [-0.4, -0.2) is 47.8 Å². The first kappa shape index (κ1) is 15.9. The summed E-state index contributed by atoms with van der Waals surface area (Å²) in [4.78, 5) is 2.41. The molecule has 1 atom stereocenters. The third-order valence-electron chi connectivity index (χ3n) is 4.79. The van der Waals surface area contributed by atoms with Crippen molar-refractivity contribution in [2.45, 2.75) is 64.5 Å². The lowest BCUT2D eigenvalue weighted by molar-refractivity contribution is 0.0551. The Morgan fingerprint density at radius 1 is 1.28 bits per heavy atom. The molecule has 0 aromatic rings. The fourth-order valence-electron chi connectivity index (χ4n) is 2.48. The molecular formula is C15H32N2O. The third-order valence-corrected chi connectivity index (χ3v) is 4.79. The van der Waals surface area contributed by atoms with Gasteiger partial charge in [-0.3, -0.25) is 4.90 Å². The van der Waals surface area contributed by atoms with E-state index in [1.807, 2.05) is 0 Å². The smallest absolute Gasteiger partial charge is 0.0628 e. The summed E-state index contributed by atoms with van der Waals surface area (Å²) in [5.74, 6) is 0.657. The van der Waals surface area contributed by atoms with Gasteiger partial charge < -0.3 is 10.4 Å². The number of hydrogen-bond acceptors (Lipinski definition) is 3. The average molecular weight is 256 g/mol. The molecule has 0 aromatic carbocycles. The van der Waals surface area contributed by atoms with Gasteiger partial charge in [0.05, 0.1) is 12.1 Å². The zero-order valence-electron chi connectivity index (χ0n) is 12.9. The summed E-state index contributed by atoms with van der Waals surface area (Å²) in [6, 6.07) is 0. The van der Waals surface area contributed by atoms with Crippen LogP contribution in [0.5, 0.6) is 0 Å². The van der Waals surface area contributed by atoms with Crippen molar-refractivity contribution < 1.29 is 5.11 Å². The van der Waals surface area contributed by atoms with Crippen molar-refractivity contribution in [3.05, 3.63) is 0 Å². The Hall–Kier alpha value is -0.120. The van der Waals surface area contributed by atoms with Gasteiger partial charge in [-0.05, 0) is 59.0 Å². The zero-order valence-corrected chi connectivity index (χ0v) is 12.9. The predicted molar refractivity (Wildman–Crippen MR) is 77.8 cm³/mol. The molecule has 1 saturated carbocycles. The Morgan fingerprint density at radius 3 is 2.28 bits per heavy atom. The minimum atomic E-state index is -0.0861. The first-order valence-electron chi connectivity index (χ1n) is 7.49. The molecule has 108 valence electrons. The first-order valence-corrected chi connectivity index (χ1v) is 7.49. The van der Waals surface area contributed by atoms with Crippen LogP contribution in [0.2, 0.25) is 0 Å². The second-order valence-corrected chi connectivity index (χ2v) is 6.54. The van der Waals surface area contributed by atoms with Crippen LogP contribution in [0.1, 0.15) is 53.4 Å². The van der Waals surface area contributed by atoms with Crippen LogP contribution in [-0.2, 0) is 0 Å².